The van der Waals surface area contributed by atoms with Crippen LogP contribution in [0.1, 0.15) is 33.3 Å². The van der Waals surface area contributed by atoms with Crippen molar-refractivity contribution in [2.75, 3.05) is 6.61 Å². The van der Waals surface area contributed by atoms with E-state index in [9.17, 15) is 9.59 Å². The summed E-state index contributed by atoms with van der Waals surface area (Å²) in [7, 11) is 0. The standard InChI is InChI=1S/C17H13BrN2O3/c1-2-23-17(22)13-10-15(20-14(13)4-3-9-19-20)16(21)11-5-7-12(18)8-6-11/h3-10H,2H2,1H3. The number of hydrogen-bond donors (Lipinski definition) is 0. The van der Waals surface area contributed by atoms with Gasteiger partial charge in [0.1, 0.15) is 5.69 Å². The number of ether oxygens (including phenoxy) is 1. The summed E-state index contributed by atoms with van der Waals surface area (Å²) < 4.78 is 7.41. The molecule has 0 aliphatic heterocycles. The van der Waals surface area contributed by atoms with Gasteiger partial charge in [-0.2, -0.15) is 5.10 Å². The fourth-order valence-corrected chi connectivity index (χ4v) is 2.59. The Kier molecular flexibility index (Phi) is 4.25. The number of fused-ring (bicyclic) bond motifs is 1. The Balaban J connectivity index is 2.12. The lowest BCUT2D eigenvalue weighted by Gasteiger charge is -2.01. The van der Waals surface area contributed by atoms with E-state index in [1.54, 1.807) is 49.5 Å². The van der Waals surface area contributed by atoms with Gasteiger partial charge in [0.15, 0.2) is 0 Å². The Morgan fingerprint density at radius 1 is 1.22 bits per heavy atom. The van der Waals surface area contributed by atoms with Gasteiger partial charge in [-0.3, -0.25) is 4.79 Å². The summed E-state index contributed by atoms with van der Waals surface area (Å²) in [5, 5.41) is 4.19. The zero-order valence-corrected chi connectivity index (χ0v) is 13.9. The molecule has 0 fully saturated rings. The lowest BCUT2D eigenvalue weighted by atomic mass is 10.1. The van der Waals surface area contributed by atoms with Crippen LogP contribution in [0.5, 0.6) is 0 Å². The van der Waals surface area contributed by atoms with Crippen LogP contribution in [0.15, 0.2) is 53.1 Å². The molecule has 0 amide bonds. The van der Waals surface area contributed by atoms with E-state index in [0.717, 1.165) is 4.47 Å². The number of carbonyl (C=O) groups excluding carboxylic acids is 2. The number of carbonyl (C=O) groups is 2. The first kappa shape index (κ1) is 15.4. The number of benzene rings is 1. The first-order valence-electron chi connectivity index (χ1n) is 7.06. The maximum Gasteiger partial charge on any atom is 0.340 e. The summed E-state index contributed by atoms with van der Waals surface area (Å²) >= 11 is 3.34. The van der Waals surface area contributed by atoms with E-state index >= 15 is 0 Å². The molecule has 0 radical (unpaired) electrons. The smallest absolute Gasteiger partial charge is 0.340 e. The van der Waals surface area contributed by atoms with Gasteiger partial charge in [-0.25, -0.2) is 9.31 Å². The second kappa shape index (κ2) is 6.34. The maximum absolute atomic E-state index is 12.7. The second-order valence-corrected chi connectivity index (χ2v) is 5.74. The van der Waals surface area contributed by atoms with Gasteiger partial charge in [0, 0.05) is 16.2 Å². The van der Waals surface area contributed by atoms with Crippen LogP contribution in [-0.2, 0) is 4.74 Å². The summed E-state index contributed by atoms with van der Waals surface area (Å²) in [4.78, 5) is 24.8. The van der Waals surface area contributed by atoms with Gasteiger partial charge in [0.05, 0.1) is 17.7 Å². The van der Waals surface area contributed by atoms with Crippen LogP contribution < -0.4 is 0 Å². The molecule has 1 aromatic carbocycles. The largest absolute Gasteiger partial charge is 0.462 e. The normalized spacial score (nSPS) is 10.7. The minimum absolute atomic E-state index is 0.207. The molecule has 6 heteroatoms. The maximum atomic E-state index is 12.7. The highest BCUT2D eigenvalue weighted by Crippen LogP contribution is 2.20. The van der Waals surface area contributed by atoms with Crippen molar-refractivity contribution in [1.29, 1.82) is 0 Å². The zero-order valence-electron chi connectivity index (χ0n) is 12.3. The molecule has 0 bridgehead atoms. The first-order valence-corrected chi connectivity index (χ1v) is 7.85. The fourth-order valence-electron chi connectivity index (χ4n) is 2.32. The zero-order chi connectivity index (χ0) is 16.4. The second-order valence-electron chi connectivity index (χ2n) is 4.82. The lowest BCUT2D eigenvalue weighted by molar-refractivity contribution is 0.0528. The van der Waals surface area contributed by atoms with Crippen LogP contribution in [0.25, 0.3) is 5.52 Å². The van der Waals surface area contributed by atoms with Crippen molar-refractivity contribution < 1.29 is 14.3 Å². The number of rotatable bonds is 4. The van der Waals surface area contributed by atoms with Crippen molar-refractivity contribution in [1.82, 2.24) is 9.61 Å². The van der Waals surface area contributed by atoms with E-state index < -0.39 is 5.97 Å². The highest BCUT2D eigenvalue weighted by Gasteiger charge is 2.21. The van der Waals surface area contributed by atoms with Crippen molar-refractivity contribution in [3.8, 4) is 0 Å². The molecule has 3 rings (SSSR count). The molecule has 0 saturated heterocycles. The quantitative estimate of drug-likeness (QED) is 0.519. The third-order valence-electron chi connectivity index (χ3n) is 3.37. The van der Waals surface area contributed by atoms with E-state index in [2.05, 4.69) is 21.0 Å². The third-order valence-corrected chi connectivity index (χ3v) is 3.90. The molecule has 0 atom stereocenters. The number of esters is 1. The van der Waals surface area contributed by atoms with Crippen LogP contribution in [0.4, 0.5) is 0 Å². The first-order chi connectivity index (χ1) is 11.1. The molecule has 116 valence electrons. The number of hydrogen-bond acceptors (Lipinski definition) is 4. The molecule has 5 nitrogen and oxygen atoms in total. The molecule has 23 heavy (non-hydrogen) atoms. The summed E-state index contributed by atoms with van der Waals surface area (Å²) in [6.07, 6.45) is 1.57. The van der Waals surface area contributed by atoms with Crippen LogP contribution in [0, 0.1) is 0 Å². The monoisotopic (exact) mass is 372 g/mol. The number of aromatic nitrogens is 2. The summed E-state index contributed by atoms with van der Waals surface area (Å²) in [5.41, 5.74) is 1.73. The van der Waals surface area contributed by atoms with Gasteiger partial charge in [-0.05, 0) is 49.4 Å². The van der Waals surface area contributed by atoms with Crippen molar-refractivity contribution in [2.24, 2.45) is 0 Å². The van der Waals surface area contributed by atoms with Crippen molar-refractivity contribution in [2.45, 2.75) is 6.92 Å². The number of nitrogens with zero attached hydrogens (tertiary/aromatic N) is 2. The summed E-state index contributed by atoms with van der Waals surface area (Å²) in [6.45, 7) is 2.01. The predicted molar refractivity (Wildman–Crippen MR) is 88.7 cm³/mol. The molecule has 2 heterocycles. The molecular formula is C17H13BrN2O3. The van der Waals surface area contributed by atoms with Crippen LogP contribution in [0.3, 0.4) is 0 Å². The Morgan fingerprint density at radius 3 is 2.65 bits per heavy atom. The van der Waals surface area contributed by atoms with E-state index in [0.29, 0.717) is 22.3 Å². The molecule has 0 aliphatic carbocycles. The van der Waals surface area contributed by atoms with E-state index in [-0.39, 0.29) is 12.4 Å². The molecule has 0 unspecified atom stereocenters. The molecule has 0 aliphatic rings. The van der Waals surface area contributed by atoms with Gasteiger partial charge in [0.2, 0.25) is 5.78 Å². The average molecular weight is 373 g/mol. The minimum atomic E-state index is -0.465. The van der Waals surface area contributed by atoms with Gasteiger partial charge >= 0.3 is 5.97 Å². The summed E-state index contributed by atoms with van der Waals surface area (Å²) in [6, 6.07) is 12.0. The van der Waals surface area contributed by atoms with Crippen molar-refractivity contribution in [3.05, 3.63) is 70.0 Å². The molecule has 0 spiro atoms. The van der Waals surface area contributed by atoms with Gasteiger partial charge in [-0.1, -0.05) is 15.9 Å². The van der Waals surface area contributed by atoms with Gasteiger partial charge in [0.25, 0.3) is 0 Å². The Bertz CT molecular complexity index is 884. The number of halogens is 1. The van der Waals surface area contributed by atoms with Crippen molar-refractivity contribution in [3.63, 3.8) is 0 Å². The highest BCUT2D eigenvalue weighted by atomic mass is 79.9. The van der Waals surface area contributed by atoms with Crippen LogP contribution in [0.2, 0.25) is 0 Å². The fraction of sp³-hybridized carbons (Fsp3) is 0.118. The Labute approximate surface area is 141 Å². The third kappa shape index (κ3) is 2.90. The van der Waals surface area contributed by atoms with Gasteiger partial charge < -0.3 is 4.74 Å². The molecule has 2 aromatic heterocycles. The predicted octanol–water partition coefficient (Wildman–Crippen LogP) is 3.50. The van der Waals surface area contributed by atoms with Crippen LogP contribution in [-0.4, -0.2) is 28.0 Å². The Morgan fingerprint density at radius 2 is 1.96 bits per heavy atom. The highest BCUT2D eigenvalue weighted by molar-refractivity contribution is 9.10. The lowest BCUT2D eigenvalue weighted by Crippen LogP contribution is -2.06. The van der Waals surface area contributed by atoms with Crippen molar-refractivity contribution >= 4 is 33.2 Å². The number of ketones is 1. The topological polar surface area (TPSA) is 60.7 Å². The molecular weight excluding hydrogens is 360 g/mol. The van der Waals surface area contributed by atoms with Gasteiger partial charge in [-0.15, -0.1) is 0 Å². The Hall–Kier alpha value is -2.47. The van der Waals surface area contributed by atoms with E-state index in [1.165, 1.54) is 10.6 Å². The molecule has 3 aromatic rings. The average Bonchev–Trinajstić information content (AvgIpc) is 2.95. The minimum Gasteiger partial charge on any atom is -0.462 e. The summed E-state index contributed by atoms with van der Waals surface area (Å²) in [5.74, 6) is -0.672. The molecule has 0 N–H and O–H groups in total. The van der Waals surface area contributed by atoms with Crippen LogP contribution >= 0.6 is 15.9 Å². The SMILES string of the molecule is CCOC(=O)c1cc(C(=O)c2ccc(Br)cc2)n2ncccc12. The molecule has 0 saturated carbocycles. The van der Waals surface area contributed by atoms with E-state index in [1.807, 2.05) is 0 Å². The van der Waals surface area contributed by atoms with E-state index in [4.69, 9.17) is 4.74 Å².